The monoisotopic (exact) mass is 295 g/mol. The average Bonchev–Trinajstić information content (AvgIpc) is 2.87. The molecule has 0 amide bonds. The van der Waals surface area contributed by atoms with E-state index in [1.807, 2.05) is 6.92 Å². The van der Waals surface area contributed by atoms with Gasteiger partial charge in [0.1, 0.15) is 11.5 Å². The van der Waals surface area contributed by atoms with Crippen molar-refractivity contribution in [3.05, 3.63) is 23.7 Å². The number of thioether (sulfide) groups is 1. The number of aliphatic hydroxyl groups excluding tert-OH is 2. The maximum absolute atomic E-state index is 12.0. The van der Waals surface area contributed by atoms with E-state index in [4.69, 9.17) is 4.42 Å². The van der Waals surface area contributed by atoms with E-state index in [1.165, 1.54) is 0 Å². The predicted molar refractivity (Wildman–Crippen MR) is 70.0 cm³/mol. The number of hydrogen-bond donors (Lipinski definition) is 3. The van der Waals surface area contributed by atoms with Gasteiger partial charge in [-0.2, -0.15) is 8.78 Å². The molecule has 0 fully saturated rings. The van der Waals surface area contributed by atoms with Crippen LogP contribution in [-0.2, 0) is 12.3 Å². The number of alkyl halides is 2. The van der Waals surface area contributed by atoms with E-state index in [0.717, 1.165) is 0 Å². The lowest BCUT2D eigenvalue weighted by atomic mass is 9.98. The predicted octanol–water partition coefficient (Wildman–Crippen LogP) is 1.96. The minimum Gasteiger partial charge on any atom is -0.464 e. The summed E-state index contributed by atoms with van der Waals surface area (Å²) in [7, 11) is 0. The molecule has 110 valence electrons. The summed E-state index contributed by atoms with van der Waals surface area (Å²) in [6, 6.07) is 3.35. The minimum atomic E-state index is -2.41. The molecule has 0 saturated carbocycles. The maximum atomic E-state index is 12.0. The van der Waals surface area contributed by atoms with Gasteiger partial charge in [-0.05, 0) is 18.6 Å². The summed E-state index contributed by atoms with van der Waals surface area (Å²) in [6.07, 6.45) is 0.564. The van der Waals surface area contributed by atoms with Gasteiger partial charge in [-0.3, -0.25) is 0 Å². The minimum absolute atomic E-state index is 0.122. The zero-order chi connectivity index (χ0) is 14.3. The molecule has 0 aromatic carbocycles. The van der Waals surface area contributed by atoms with Crippen molar-refractivity contribution in [1.29, 1.82) is 0 Å². The molecule has 4 nitrogen and oxygen atoms in total. The van der Waals surface area contributed by atoms with E-state index in [-0.39, 0.29) is 19.0 Å². The molecule has 0 saturated heterocycles. The van der Waals surface area contributed by atoms with Gasteiger partial charge in [0.05, 0.1) is 31.1 Å². The summed E-state index contributed by atoms with van der Waals surface area (Å²) >= 11 is 0.507. The molecule has 1 rings (SSSR count). The van der Waals surface area contributed by atoms with Crippen LogP contribution in [0.25, 0.3) is 0 Å². The average molecular weight is 295 g/mol. The molecule has 0 aliphatic carbocycles. The summed E-state index contributed by atoms with van der Waals surface area (Å²) in [5.74, 6) is -1.22. The van der Waals surface area contributed by atoms with Crippen LogP contribution in [0.3, 0.4) is 0 Å². The van der Waals surface area contributed by atoms with Crippen molar-refractivity contribution in [1.82, 2.24) is 5.32 Å². The zero-order valence-corrected chi connectivity index (χ0v) is 11.6. The van der Waals surface area contributed by atoms with Crippen molar-refractivity contribution >= 4 is 11.8 Å². The summed E-state index contributed by atoms with van der Waals surface area (Å²) in [6.45, 7) is 1.81. The lowest BCUT2D eigenvalue weighted by molar-refractivity contribution is 0.0847. The molecule has 0 unspecified atom stereocenters. The van der Waals surface area contributed by atoms with E-state index in [9.17, 15) is 19.0 Å². The summed E-state index contributed by atoms with van der Waals surface area (Å²) in [4.78, 5) is 0. The Morgan fingerprint density at radius 3 is 2.47 bits per heavy atom. The van der Waals surface area contributed by atoms with E-state index < -0.39 is 11.3 Å². The largest absolute Gasteiger partial charge is 0.464 e. The van der Waals surface area contributed by atoms with Crippen LogP contribution in [0.5, 0.6) is 0 Å². The highest BCUT2D eigenvalue weighted by molar-refractivity contribution is 7.98. The van der Waals surface area contributed by atoms with Crippen LogP contribution in [0.2, 0.25) is 0 Å². The van der Waals surface area contributed by atoms with Gasteiger partial charge in [-0.25, -0.2) is 0 Å². The standard InChI is InChI=1S/C12H19F2NO3S/c1-2-12(7-16,8-17)15-5-9-3-4-10(18-9)6-19-11(13)14/h3-4,11,15-17H,2,5-8H2,1H3. The van der Waals surface area contributed by atoms with E-state index in [1.54, 1.807) is 12.1 Å². The van der Waals surface area contributed by atoms with Crippen molar-refractivity contribution in [3.8, 4) is 0 Å². The second-order valence-corrected chi connectivity index (χ2v) is 5.22. The second kappa shape index (κ2) is 7.84. The third kappa shape index (κ3) is 5.10. The Balaban J connectivity index is 2.49. The van der Waals surface area contributed by atoms with Gasteiger partial charge < -0.3 is 19.9 Å². The Morgan fingerprint density at radius 1 is 1.32 bits per heavy atom. The third-order valence-corrected chi connectivity index (χ3v) is 3.69. The summed E-state index contributed by atoms with van der Waals surface area (Å²) in [5.41, 5.74) is -0.745. The topological polar surface area (TPSA) is 65.6 Å². The molecule has 0 aliphatic rings. The lowest BCUT2D eigenvalue weighted by Gasteiger charge is -2.29. The Kier molecular flexibility index (Phi) is 6.78. The van der Waals surface area contributed by atoms with Gasteiger partial charge in [0, 0.05) is 0 Å². The molecule has 1 heterocycles. The quantitative estimate of drug-likeness (QED) is 0.650. The van der Waals surface area contributed by atoms with E-state index in [0.29, 0.717) is 36.2 Å². The molecular formula is C12H19F2NO3S. The Labute approximate surface area is 115 Å². The Bertz CT molecular complexity index is 361. The first-order chi connectivity index (χ1) is 9.05. The smallest absolute Gasteiger partial charge is 0.284 e. The van der Waals surface area contributed by atoms with Crippen LogP contribution in [0, 0.1) is 0 Å². The fourth-order valence-corrected chi connectivity index (χ4v) is 1.97. The molecule has 3 N–H and O–H groups in total. The second-order valence-electron chi connectivity index (χ2n) is 4.24. The molecular weight excluding hydrogens is 276 g/mol. The van der Waals surface area contributed by atoms with Gasteiger partial charge in [0.15, 0.2) is 0 Å². The van der Waals surface area contributed by atoms with Crippen molar-refractivity contribution in [2.24, 2.45) is 0 Å². The Hall–Kier alpha value is -0.630. The first-order valence-electron chi connectivity index (χ1n) is 5.99. The van der Waals surface area contributed by atoms with Crippen molar-refractivity contribution < 1.29 is 23.4 Å². The first kappa shape index (κ1) is 16.4. The zero-order valence-electron chi connectivity index (χ0n) is 10.7. The molecule has 0 bridgehead atoms. The maximum Gasteiger partial charge on any atom is 0.284 e. The number of halogens is 2. The van der Waals surface area contributed by atoms with E-state index in [2.05, 4.69) is 5.32 Å². The van der Waals surface area contributed by atoms with Crippen molar-refractivity contribution in [3.63, 3.8) is 0 Å². The SMILES string of the molecule is CCC(CO)(CO)NCc1ccc(CSC(F)F)o1. The fraction of sp³-hybridized carbons (Fsp3) is 0.667. The van der Waals surface area contributed by atoms with Crippen LogP contribution >= 0.6 is 11.8 Å². The molecule has 7 heteroatoms. The number of rotatable bonds is 9. The molecule has 0 aliphatic heterocycles. The van der Waals surface area contributed by atoms with E-state index >= 15 is 0 Å². The highest BCUT2D eigenvalue weighted by Crippen LogP contribution is 2.21. The van der Waals surface area contributed by atoms with Gasteiger partial charge in [0.2, 0.25) is 0 Å². The number of furan rings is 1. The summed E-state index contributed by atoms with van der Waals surface area (Å²) < 4.78 is 29.4. The molecule has 1 aromatic heterocycles. The molecule has 0 radical (unpaired) electrons. The van der Waals surface area contributed by atoms with Gasteiger partial charge in [-0.1, -0.05) is 18.7 Å². The van der Waals surface area contributed by atoms with Crippen molar-refractivity contribution in [2.45, 2.75) is 36.9 Å². The highest BCUT2D eigenvalue weighted by Gasteiger charge is 2.25. The number of nitrogens with one attached hydrogen (secondary N) is 1. The van der Waals surface area contributed by atoms with Crippen LogP contribution in [0.4, 0.5) is 8.78 Å². The van der Waals surface area contributed by atoms with Gasteiger partial charge in [-0.15, -0.1) is 0 Å². The van der Waals surface area contributed by atoms with Crippen molar-refractivity contribution in [2.75, 3.05) is 13.2 Å². The molecule has 0 spiro atoms. The molecule has 19 heavy (non-hydrogen) atoms. The lowest BCUT2D eigenvalue weighted by Crippen LogP contribution is -2.50. The van der Waals surface area contributed by atoms with Crippen LogP contribution in [-0.4, -0.2) is 34.7 Å². The summed E-state index contributed by atoms with van der Waals surface area (Å²) in [5, 5.41) is 21.6. The fourth-order valence-electron chi connectivity index (χ4n) is 1.53. The first-order valence-corrected chi connectivity index (χ1v) is 7.04. The van der Waals surface area contributed by atoms with Crippen LogP contribution in [0.1, 0.15) is 24.9 Å². The molecule has 0 atom stereocenters. The highest BCUT2D eigenvalue weighted by atomic mass is 32.2. The van der Waals surface area contributed by atoms with Gasteiger partial charge in [0.25, 0.3) is 5.76 Å². The molecule has 1 aromatic rings. The Morgan fingerprint density at radius 2 is 1.95 bits per heavy atom. The third-order valence-electron chi connectivity index (χ3n) is 2.99. The van der Waals surface area contributed by atoms with Crippen LogP contribution in [0.15, 0.2) is 16.5 Å². The number of aliphatic hydroxyl groups is 2. The normalized spacial score (nSPS) is 12.3. The number of hydrogen-bond acceptors (Lipinski definition) is 5. The van der Waals surface area contributed by atoms with Crippen LogP contribution < -0.4 is 5.32 Å². The van der Waals surface area contributed by atoms with Gasteiger partial charge >= 0.3 is 0 Å².